The molecule has 0 bridgehead atoms. The van der Waals surface area contributed by atoms with Crippen LogP contribution in [-0.2, 0) is 17.1 Å². The van der Waals surface area contributed by atoms with Gasteiger partial charge in [-0.3, -0.25) is 4.72 Å². The van der Waals surface area contributed by atoms with Gasteiger partial charge in [0.2, 0.25) is 0 Å². The Balaban J connectivity index is 1.61. The molecule has 0 fully saturated rings. The van der Waals surface area contributed by atoms with Gasteiger partial charge in [0, 0.05) is 23.4 Å². The molecular formula is C36H29N3O2S. The minimum Gasteiger partial charge on any atom is -0.328 e. The molecular weight excluding hydrogens is 538 g/mol. The Morgan fingerprint density at radius 3 is 1.81 bits per heavy atom. The zero-order valence-electron chi connectivity index (χ0n) is 23.3. The number of para-hydroxylation sites is 2. The first-order valence-electron chi connectivity index (χ1n) is 13.9. The molecule has 0 spiro atoms. The van der Waals surface area contributed by atoms with Gasteiger partial charge in [-0.05, 0) is 42.3 Å². The van der Waals surface area contributed by atoms with Gasteiger partial charge in [-0.15, -0.1) is 0 Å². The summed E-state index contributed by atoms with van der Waals surface area (Å²) in [5.74, 6) is 0.495. The molecule has 6 heteroatoms. The van der Waals surface area contributed by atoms with E-state index < -0.39 is 10.0 Å². The molecule has 7 rings (SSSR count). The Morgan fingerprint density at radius 2 is 1.14 bits per heavy atom. The summed E-state index contributed by atoms with van der Waals surface area (Å²) in [5.41, 5.74) is 7.91. The second-order valence-electron chi connectivity index (χ2n) is 10.5. The number of aromatic nitrogens is 2. The summed E-state index contributed by atoms with van der Waals surface area (Å²) in [7, 11) is -1.98. The lowest BCUT2D eigenvalue weighted by Gasteiger charge is -2.17. The topological polar surface area (TPSA) is 56.0 Å². The molecule has 42 heavy (non-hydrogen) atoms. The van der Waals surface area contributed by atoms with Gasteiger partial charge in [0.05, 0.1) is 27.3 Å². The number of nitrogens with zero attached hydrogens (tertiary/aromatic N) is 2. The molecule has 5 nitrogen and oxygen atoms in total. The van der Waals surface area contributed by atoms with Crippen LogP contribution in [-0.4, -0.2) is 17.6 Å². The van der Waals surface area contributed by atoms with Gasteiger partial charge in [0.25, 0.3) is 10.0 Å². The number of hydrogen-bond donors (Lipinski definition) is 1. The summed E-state index contributed by atoms with van der Waals surface area (Å²) in [6.07, 6.45) is 0. The first-order valence-corrected chi connectivity index (χ1v) is 15.3. The number of benzene rings is 5. The fourth-order valence-corrected chi connectivity index (χ4v) is 6.96. The van der Waals surface area contributed by atoms with Crippen molar-refractivity contribution in [3.05, 3.63) is 139 Å². The second-order valence-corrected chi connectivity index (χ2v) is 12.2. The lowest BCUT2D eigenvalue weighted by atomic mass is 9.98. The van der Waals surface area contributed by atoms with Crippen LogP contribution in [0.5, 0.6) is 0 Å². The molecule has 2 heterocycles. The standard InChI is InChI=1S/C36H29N3O2S/c1-25-21-23-28(24-22-25)42(40,41)37-36-35(30-18-10-11-19-31(30)38(36)2)39-32-20-12-9-17-29(32)33(26-13-5-3-6-14-26)34(39)27-15-7-4-8-16-27/h3-24,37H,1-2H3. The fraction of sp³-hybridized carbons (Fsp3) is 0.0556. The summed E-state index contributed by atoms with van der Waals surface area (Å²) in [4.78, 5) is 0.218. The number of sulfonamides is 1. The molecule has 0 aliphatic rings. The van der Waals surface area contributed by atoms with Crippen LogP contribution in [0.2, 0.25) is 0 Å². The molecule has 0 radical (unpaired) electrons. The fourth-order valence-electron chi connectivity index (χ4n) is 5.86. The SMILES string of the molecule is Cc1ccc(S(=O)(=O)Nc2c(-n3c(-c4ccccc4)c(-c4ccccc4)c4ccccc43)c3ccccc3n2C)cc1. The van der Waals surface area contributed by atoms with Crippen LogP contribution >= 0.6 is 0 Å². The van der Waals surface area contributed by atoms with E-state index in [2.05, 4.69) is 70.0 Å². The summed E-state index contributed by atoms with van der Waals surface area (Å²) in [5, 5.41) is 2.03. The number of aryl methyl sites for hydroxylation is 2. The number of anilines is 1. The molecule has 5 aromatic carbocycles. The van der Waals surface area contributed by atoms with Crippen molar-refractivity contribution in [3.8, 4) is 28.1 Å². The Kier molecular flexibility index (Phi) is 6.21. The summed E-state index contributed by atoms with van der Waals surface area (Å²) in [6, 6.07) is 44.0. The van der Waals surface area contributed by atoms with E-state index in [0.717, 1.165) is 55.4 Å². The number of fused-ring (bicyclic) bond motifs is 2. The lowest BCUT2D eigenvalue weighted by Crippen LogP contribution is -2.16. The lowest BCUT2D eigenvalue weighted by molar-refractivity contribution is 0.600. The summed E-state index contributed by atoms with van der Waals surface area (Å²) >= 11 is 0. The van der Waals surface area contributed by atoms with Crippen LogP contribution in [0, 0.1) is 6.92 Å². The third-order valence-electron chi connectivity index (χ3n) is 7.85. The van der Waals surface area contributed by atoms with Gasteiger partial charge in [-0.25, -0.2) is 8.42 Å². The molecule has 7 aromatic rings. The predicted molar refractivity (Wildman–Crippen MR) is 173 cm³/mol. The molecule has 0 amide bonds. The third-order valence-corrected chi connectivity index (χ3v) is 9.21. The van der Waals surface area contributed by atoms with Crippen LogP contribution in [0.4, 0.5) is 5.82 Å². The number of hydrogen-bond acceptors (Lipinski definition) is 2. The zero-order valence-corrected chi connectivity index (χ0v) is 24.1. The van der Waals surface area contributed by atoms with Crippen molar-refractivity contribution in [2.75, 3.05) is 4.72 Å². The van der Waals surface area contributed by atoms with Crippen LogP contribution < -0.4 is 4.72 Å². The van der Waals surface area contributed by atoms with E-state index in [9.17, 15) is 8.42 Å². The van der Waals surface area contributed by atoms with Crippen molar-refractivity contribution in [3.63, 3.8) is 0 Å². The van der Waals surface area contributed by atoms with Crippen molar-refractivity contribution in [2.24, 2.45) is 7.05 Å². The second kappa shape index (κ2) is 10.1. The number of nitrogens with one attached hydrogen (secondary N) is 1. The summed E-state index contributed by atoms with van der Waals surface area (Å²) < 4.78 is 34.8. The molecule has 0 aliphatic heterocycles. The van der Waals surface area contributed by atoms with Crippen molar-refractivity contribution >= 4 is 37.6 Å². The normalized spacial score (nSPS) is 11.8. The smallest absolute Gasteiger partial charge is 0.263 e. The van der Waals surface area contributed by atoms with Crippen LogP contribution in [0.25, 0.3) is 49.9 Å². The highest BCUT2D eigenvalue weighted by atomic mass is 32.2. The van der Waals surface area contributed by atoms with Crippen LogP contribution in [0.1, 0.15) is 5.56 Å². The molecule has 206 valence electrons. The predicted octanol–water partition coefficient (Wildman–Crippen LogP) is 8.57. The highest BCUT2D eigenvalue weighted by molar-refractivity contribution is 7.92. The van der Waals surface area contributed by atoms with Gasteiger partial charge >= 0.3 is 0 Å². The zero-order chi connectivity index (χ0) is 28.8. The largest absolute Gasteiger partial charge is 0.328 e. The van der Waals surface area contributed by atoms with E-state index in [1.165, 1.54) is 0 Å². The van der Waals surface area contributed by atoms with E-state index in [4.69, 9.17) is 0 Å². The summed E-state index contributed by atoms with van der Waals surface area (Å²) in [6.45, 7) is 1.94. The first kappa shape index (κ1) is 25.9. The molecule has 2 aromatic heterocycles. The molecule has 0 aliphatic carbocycles. The maximum absolute atomic E-state index is 13.8. The Bertz CT molecular complexity index is 2180. The minimum absolute atomic E-state index is 0.218. The van der Waals surface area contributed by atoms with Gasteiger partial charge in [0.1, 0.15) is 5.82 Å². The molecule has 0 saturated heterocycles. The van der Waals surface area contributed by atoms with Gasteiger partial charge < -0.3 is 9.13 Å². The molecule has 0 unspecified atom stereocenters. The Labute approximate surface area is 245 Å². The van der Waals surface area contributed by atoms with E-state index in [0.29, 0.717) is 5.82 Å². The minimum atomic E-state index is -3.89. The van der Waals surface area contributed by atoms with Gasteiger partial charge in [0.15, 0.2) is 0 Å². The quantitative estimate of drug-likeness (QED) is 0.219. The average molecular weight is 568 g/mol. The first-order chi connectivity index (χ1) is 20.4. The van der Waals surface area contributed by atoms with E-state index in [1.54, 1.807) is 12.1 Å². The Morgan fingerprint density at radius 1 is 0.595 bits per heavy atom. The highest BCUT2D eigenvalue weighted by Gasteiger charge is 2.28. The number of rotatable bonds is 6. The van der Waals surface area contributed by atoms with E-state index in [1.807, 2.05) is 79.2 Å². The molecule has 0 saturated carbocycles. The molecule has 1 N–H and O–H groups in total. The van der Waals surface area contributed by atoms with Crippen molar-refractivity contribution in [2.45, 2.75) is 11.8 Å². The van der Waals surface area contributed by atoms with Crippen molar-refractivity contribution in [1.29, 1.82) is 0 Å². The highest BCUT2D eigenvalue weighted by Crippen LogP contribution is 2.46. The van der Waals surface area contributed by atoms with Crippen molar-refractivity contribution < 1.29 is 8.42 Å². The van der Waals surface area contributed by atoms with Crippen molar-refractivity contribution in [1.82, 2.24) is 9.13 Å². The van der Waals surface area contributed by atoms with Crippen LogP contribution in [0.3, 0.4) is 0 Å². The maximum Gasteiger partial charge on any atom is 0.263 e. The third kappa shape index (κ3) is 4.19. The average Bonchev–Trinajstić information content (AvgIpc) is 3.49. The van der Waals surface area contributed by atoms with E-state index in [-0.39, 0.29) is 4.90 Å². The van der Waals surface area contributed by atoms with Crippen LogP contribution in [0.15, 0.2) is 138 Å². The van der Waals surface area contributed by atoms with Gasteiger partial charge in [-0.1, -0.05) is 115 Å². The van der Waals surface area contributed by atoms with E-state index >= 15 is 0 Å². The maximum atomic E-state index is 13.8. The molecule has 0 atom stereocenters. The van der Waals surface area contributed by atoms with Gasteiger partial charge in [-0.2, -0.15) is 0 Å². The monoisotopic (exact) mass is 567 g/mol. The Hall–Kier alpha value is -5.07.